The average Bonchev–Trinajstić information content (AvgIpc) is 3.28. The molecule has 2 amide bonds. The van der Waals surface area contributed by atoms with Gasteiger partial charge in [-0.2, -0.15) is 0 Å². The maximum absolute atomic E-state index is 12.1. The minimum absolute atomic E-state index is 0.169. The van der Waals surface area contributed by atoms with Crippen molar-refractivity contribution in [2.24, 2.45) is 5.92 Å². The van der Waals surface area contributed by atoms with E-state index < -0.39 is 0 Å². The maximum Gasteiger partial charge on any atom is 0.254 e. The van der Waals surface area contributed by atoms with Crippen molar-refractivity contribution in [2.75, 3.05) is 13.1 Å². The molecule has 2 fully saturated rings. The Morgan fingerprint density at radius 2 is 2.05 bits per heavy atom. The summed E-state index contributed by atoms with van der Waals surface area (Å²) in [6.07, 6.45) is 5.99. The van der Waals surface area contributed by atoms with Crippen molar-refractivity contribution in [3.8, 4) is 0 Å². The Morgan fingerprint density at radius 1 is 1.36 bits per heavy atom. The van der Waals surface area contributed by atoms with Crippen LogP contribution in [0.4, 0.5) is 0 Å². The third-order valence-corrected chi connectivity index (χ3v) is 4.29. The summed E-state index contributed by atoms with van der Waals surface area (Å²) < 4.78 is 0. The third kappa shape index (κ3) is 3.26. The van der Waals surface area contributed by atoms with Crippen LogP contribution < -0.4 is 5.32 Å². The number of nitrogens with one attached hydrogen (secondary N) is 1. The van der Waals surface area contributed by atoms with Crippen molar-refractivity contribution in [1.29, 1.82) is 0 Å². The zero-order valence-electron chi connectivity index (χ0n) is 13.1. The molecule has 2 heterocycles. The molecule has 1 aromatic heterocycles. The van der Waals surface area contributed by atoms with Crippen molar-refractivity contribution in [3.63, 3.8) is 0 Å². The van der Waals surface area contributed by atoms with Gasteiger partial charge in [-0.3, -0.25) is 9.59 Å². The summed E-state index contributed by atoms with van der Waals surface area (Å²) in [7, 11) is 0. The first-order valence-corrected chi connectivity index (χ1v) is 7.94. The molecule has 3 rings (SSSR count). The van der Waals surface area contributed by atoms with Crippen molar-refractivity contribution >= 4 is 11.8 Å². The molecule has 1 N–H and O–H groups in total. The molecule has 2 aliphatic rings. The highest BCUT2D eigenvalue weighted by Gasteiger charge is 2.31. The van der Waals surface area contributed by atoms with Gasteiger partial charge in [0.25, 0.3) is 5.91 Å². The number of rotatable bonds is 5. The second-order valence-electron chi connectivity index (χ2n) is 6.52. The lowest BCUT2D eigenvalue weighted by atomic mass is 10.1. The van der Waals surface area contributed by atoms with E-state index in [0.717, 1.165) is 18.7 Å². The normalized spacial score (nSPS) is 21.5. The monoisotopic (exact) mass is 302 g/mol. The van der Waals surface area contributed by atoms with Gasteiger partial charge >= 0.3 is 0 Å². The molecule has 0 aromatic carbocycles. The topological polar surface area (TPSA) is 75.2 Å². The smallest absolute Gasteiger partial charge is 0.254 e. The fraction of sp³-hybridized carbons (Fsp3) is 0.625. The van der Waals surface area contributed by atoms with Gasteiger partial charge in [0.05, 0.1) is 5.56 Å². The number of carbonyl (C=O) groups is 2. The zero-order chi connectivity index (χ0) is 15.7. The number of carbonyl (C=O) groups excluding carboxylic acids is 2. The molecular formula is C16H22N4O2. The fourth-order valence-corrected chi connectivity index (χ4v) is 2.79. The van der Waals surface area contributed by atoms with Gasteiger partial charge in [0, 0.05) is 49.8 Å². The summed E-state index contributed by atoms with van der Waals surface area (Å²) in [5, 5.41) is 2.89. The number of aromatic nitrogens is 2. The summed E-state index contributed by atoms with van der Waals surface area (Å²) >= 11 is 0. The average molecular weight is 302 g/mol. The van der Waals surface area contributed by atoms with E-state index in [1.165, 1.54) is 0 Å². The van der Waals surface area contributed by atoms with Gasteiger partial charge in [-0.25, -0.2) is 9.97 Å². The number of hydrogen-bond donors (Lipinski definition) is 1. The summed E-state index contributed by atoms with van der Waals surface area (Å²) in [6, 6.07) is 0.219. The highest BCUT2D eigenvalue weighted by atomic mass is 16.2. The third-order valence-electron chi connectivity index (χ3n) is 4.29. The summed E-state index contributed by atoms with van der Waals surface area (Å²) in [4.78, 5) is 34.3. The molecule has 0 bridgehead atoms. The van der Waals surface area contributed by atoms with E-state index in [1.54, 1.807) is 12.4 Å². The van der Waals surface area contributed by atoms with Crippen LogP contribution in [0.2, 0.25) is 0 Å². The molecule has 1 unspecified atom stereocenters. The SMILES string of the molecule is CC(C)N1CC(CNC(=O)c2cnc(C3CC3)nc2)CC1=O. The van der Waals surface area contributed by atoms with E-state index in [-0.39, 0.29) is 23.8 Å². The minimum Gasteiger partial charge on any atom is -0.352 e. The van der Waals surface area contributed by atoms with Crippen LogP contribution >= 0.6 is 0 Å². The van der Waals surface area contributed by atoms with Gasteiger partial charge in [0.15, 0.2) is 0 Å². The van der Waals surface area contributed by atoms with E-state index in [2.05, 4.69) is 15.3 Å². The van der Waals surface area contributed by atoms with E-state index in [4.69, 9.17) is 0 Å². The van der Waals surface area contributed by atoms with Gasteiger partial charge in [0.1, 0.15) is 5.82 Å². The van der Waals surface area contributed by atoms with Crippen molar-refractivity contribution < 1.29 is 9.59 Å². The Kier molecular flexibility index (Phi) is 4.09. The largest absolute Gasteiger partial charge is 0.352 e. The highest BCUT2D eigenvalue weighted by Crippen LogP contribution is 2.37. The quantitative estimate of drug-likeness (QED) is 0.890. The number of nitrogens with zero attached hydrogens (tertiary/aromatic N) is 3. The van der Waals surface area contributed by atoms with Crippen LogP contribution in [0.25, 0.3) is 0 Å². The van der Waals surface area contributed by atoms with Crippen LogP contribution in [0, 0.1) is 5.92 Å². The molecule has 1 aliphatic heterocycles. The Labute approximate surface area is 130 Å². The van der Waals surface area contributed by atoms with Crippen LogP contribution in [0.15, 0.2) is 12.4 Å². The summed E-state index contributed by atoms with van der Waals surface area (Å²) in [5.41, 5.74) is 0.481. The highest BCUT2D eigenvalue weighted by molar-refractivity contribution is 5.93. The molecule has 6 heteroatoms. The predicted molar refractivity (Wildman–Crippen MR) is 81.3 cm³/mol. The van der Waals surface area contributed by atoms with E-state index in [9.17, 15) is 9.59 Å². The standard InChI is InChI=1S/C16H22N4O2/c1-10(2)20-9-11(5-14(20)21)6-19-16(22)13-7-17-15(18-8-13)12-3-4-12/h7-8,10-12H,3-6,9H2,1-2H3,(H,19,22). The lowest BCUT2D eigenvalue weighted by Gasteiger charge is -2.21. The van der Waals surface area contributed by atoms with Crippen molar-refractivity contribution in [2.45, 2.75) is 45.1 Å². The van der Waals surface area contributed by atoms with E-state index in [1.807, 2.05) is 18.7 Å². The first-order chi connectivity index (χ1) is 10.5. The van der Waals surface area contributed by atoms with Gasteiger partial charge < -0.3 is 10.2 Å². The fourth-order valence-electron chi connectivity index (χ4n) is 2.79. The van der Waals surface area contributed by atoms with Crippen LogP contribution in [-0.4, -0.2) is 45.8 Å². The van der Waals surface area contributed by atoms with Crippen molar-refractivity contribution in [3.05, 3.63) is 23.8 Å². The molecule has 22 heavy (non-hydrogen) atoms. The van der Waals surface area contributed by atoms with Gasteiger partial charge in [-0.1, -0.05) is 0 Å². The maximum atomic E-state index is 12.1. The summed E-state index contributed by atoms with van der Waals surface area (Å²) in [5.74, 6) is 1.52. The van der Waals surface area contributed by atoms with Gasteiger partial charge in [0.2, 0.25) is 5.91 Å². The van der Waals surface area contributed by atoms with Crippen LogP contribution in [0.1, 0.15) is 55.2 Å². The van der Waals surface area contributed by atoms with Gasteiger partial charge in [-0.15, -0.1) is 0 Å². The second kappa shape index (κ2) is 6.02. The zero-order valence-corrected chi connectivity index (χ0v) is 13.1. The predicted octanol–water partition coefficient (Wildman–Crippen LogP) is 1.34. The number of amides is 2. The Morgan fingerprint density at radius 3 is 2.59 bits per heavy atom. The first-order valence-electron chi connectivity index (χ1n) is 7.94. The van der Waals surface area contributed by atoms with Crippen molar-refractivity contribution in [1.82, 2.24) is 20.2 Å². The molecule has 0 spiro atoms. The molecule has 118 valence electrons. The Balaban J connectivity index is 1.51. The van der Waals surface area contributed by atoms with Gasteiger partial charge in [-0.05, 0) is 26.7 Å². The molecule has 1 saturated carbocycles. The number of hydrogen-bond acceptors (Lipinski definition) is 4. The second-order valence-corrected chi connectivity index (χ2v) is 6.52. The molecule has 1 atom stereocenters. The van der Waals surface area contributed by atoms with Crippen LogP contribution in [0.3, 0.4) is 0 Å². The molecule has 1 aliphatic carbocycles. The lowest BCUT2D eigenvalue weighted by molar-refractivity contribution is -0.129. The molecule has 0 radical (unpaired) electrons. The van der Waals surface area contributed by atoms with Crippen LogP contribution in [0.5, 0.6) is 0 Å². The van der Waals surface area contributed by atoms with E-state index >= 15 is 0 Å². The molecule has 6 nitrogen and oxygen atoms in total. The number of likely N-dealkylation sites (tertiary alicyclic amines) is 1. The minimum atomic E-state index is -0.169. The van der Waals surface area contributed by atoms with E-state index in [0.29, 0.717) is 31.0 Å². The Hall–Kier alpha value is -1.98. The summed E-state index contributed by atoms with van der Waals surface area (Å²) in [6.45, 7) is 5.25. The van der Waals surface area contributed by atoms with Crippen LogP contribution in [-0.2, 0) is 4.79 Å². The first kappa shape index (κ1) is 14.9. The molecule has 1 aromatic rings. The lowest BCUT2D eigenvalue weighted by Crippen LogP contribution is -2.34. The molecular weight excluding hydrogens is 280 g/mol. The molecule has 1 saturated heterocycles. The Bertz CT molecular complexity index is 566.